The van der Waals surface area contributed by atoms with Gasteiger partial charge in [0.25, 0.3) is 0 Å². The van der Waals surface area contributed by atoms with Gasteiger partial charge in [-0.3, -0.25) is 4.79 Å². The average molecular weight is 378 g/mol. The van der Waals surface area contributed by atoms with Crippen molar-refractivity contribution in [2.24, 2.45) is 0 Å². The van der Waals surface area contributed by atoms with E-state index in [1.807, 2.05) is 46.8 Å². The summed E-state index contributed by atoms with van der Waals surface area (Å²) in [6, 6.07) is 4.77. The van der Waals surface area contributed by atoms with Gasteiger partial charge in [-0.25, -0.2) is 0 Å². The fraction of sp³-hybridized carbons (Fsp3) is 0.292. The van der Waals surface area contributed by atoms with Crippen LogP contribution in [0.4, 0.5) is 0 Å². The Balaban J connectivity index is 2.49. The maximum absolute atomic E-state index is 13.3. The van der Waals surface area contributed by atoms with Gasteiger partial charge in [0.15, 0.2) is 11.3 Å². The number of fused-ring (bicyclic) bond motifs is 2. The number of benzene rings is 2. The summed E-state index contributed by atoms with van der Waals surface area (Å²) < 4.78 is 6.01. The van der Waals surface area contributed by atoms with Crippen molar-refractivity contribution < 1.29 is 14.6 Å². The highest BCUT2D eigenvalue weighted by atomic mass is 16.4. The molecule has 0 fully saturated rings. The van der Waals surface area contributed by atoms with E-state index in [1.54, 1.807) is 12.1 Å². The van der Waals surface area contributed by atoms with Crippen molar-refractivity contribution in [3.05, 3.63) is 68.4 Å². The summed E-state index contributed by atoms with van der Waals surface area (Å²) in [5.41, 5.74) is 4.55. The summed E-state index contributed by atoms with van der Waals surface area (Å²) in [7, 11) is 0. The van der Waals surface area contributed by atoms with Crippen molar-refractivity contribution in [1.82, 2.24) is 0 Å². The molecule has 1 heterocycles. The van der Waals surface area contributed by atoms with E-state index in [0.717, 1.165) is 16.7 Å². The average Bonchev–Trinajstić information content (AvgIpc) is 2.61. The van der Waals surface area contributed by atoms with Gasteiger partial charge in [-0.15, -0.1) is 0 Å². The van der Waals surface area contributed by atoms with Crippen LogP contribution in [0.2, 0.25) is 0 Å². The van der Waals surface area contributed by atoms with Crippen molar-refractivity contribution in [2.75, 3.05) is 0 Å². The number of para-hydroxylation sites is 1. The van der Waals surface area contributed by atoms with Gasteiger partial charge in [0.2, 0.25) is 5.43 Å². The molecule has 0 unspecified atom stereocenters. The zero-order valence-electron chi connectivity index (χ0n) is 17.0. The molecule has 28 heavy (non-hydrogen) atoms. The van der Waals surface area contributed by atoms with Crippen molar-refractivity contribution >= 4 is 21.9 Å². The standard InChI is InChI=1S/C24H26O4/c1-13(2)9-11-16-15(5)20-22(27)17-7-6-8-19(25)23(17)28-24(20)18(21(16)26)12-10-14(3)4/h6-10,25-26H,11-12H2,1-5H3. The van der Waals surface area contributed by atoms with Crippen LogP contribution in [0.1, 0.15) is 44.4 Å². The lowest BCUT2D eigenvalue weighted by molar-refractivity contribution is 0.458. The molecule has 146 valence electrons. The van der Waals surface area contributed by atoms with Crippen LogP contribution in [0.3, 0.4) is 0 Å². The lowest BCUT2D eigenvalue weighted by Gasteiger charge is -2.16. The zero-order valence-corrected chi connectivity index (χ0v) is 17.0. The number of phenols is 2. The van der Waals surface area contributed by atoms with Crippen LogP contribution in [-0.4, -0.2) is 10.2 Å². The molecule has 2 aromatic carbocycles. The quantitative estimate of drug-likeness (QED) is 0.452. The maximum atomic E-state index is 13.3. The van der Waals surface area contributed by atoms with E-state index in [0.29, 0.717) is 40.3 Å². The van der Waals surface area contributed by atoms with E-state index in [9.17, 15) is 15.0 Å². The molecule has 0 spiro atoms. The summed E-state index contributed by atoms with van der Waals surface area (Å²) in [4.78, 5) is 13.3. The minimum absolute atomic E-state index is 0.0876. The normalized spacial score (nSPS) is 11.0. The number of aromatic hydroxyl groups is 2. The van der Waals surface area contributed by atoms with E-state index in [2.05, 4.69) is 0 Å². The second kappa shape index (κ2) is 7.55. The highest BCUT2D eigenvalue weighted by Gasteiger charge is 2.22. The second-order valence-corrected chi connectivity index (χ2v) is 7.69. The molecular formula is C24H26O4. The van der Waals surface area contributed by atoms with Crippen molar-refractivity contribution in [3.63, 3.8) is 0 Å². The summed E-state index contributed by atoms with van der Waals surface area (Å²) in [5, 5.41) is 22.0. The summed E-state index contributed by atoms with van der Waals surface area (Å²) >= 11 is 0. The Morgan fingerprint density at radius 1 is 0.964 bits per heavy atom. The van der Waals surface area contributed by atoms with Gasteiger partial charge in [0.05, 0.1) is 10.8 Å². The smallest absolute Gasteiger partial charge is 0.200 e. The van der Waals surface area contributed by atoms with Gasteiger partial charge >= 0.3 is 0 Å². The number of rotatable bonds is 4. The molecule has 3 aromatic rings. The maximum Gasteiger partial charge on any atom is 0.200 e. The molecule has 0 aliphatic carbocycles. The molecule has 1 aromatic heterocycles. The molecule has 0 bridgehead atoms. The molecule has 0 radical (unpaired) electrons. The molecule has 0 atom stereocenters. The summed E-state index contributed by atoms with van der Waals surface area (Å²) in [6.45, 7) is 9.81. The van der Waals surface area contributed by atoms with E-state index in [-0.39, 0.29) is 22.5 Å². The van der Waals surface area contributed by atoms with Crippen LogP contribution in [0.5, 0.6) is 11.5 Å². The van der Waals surface area contributed by atoms with E-state index in [4.69, 9.17) is 4.42 Å². The summed E-state index contributed by atoms with van der Waals surface area (Å²) in [6.07, 6.45) is 5.00. The van der Waals surface area contributed by atoms with Gasteiger partial charge in [0, 0.05) is 11.1 Å². The van der Waals surface area contributed by atoms with Crippen LogP contribution in [0.15, 0.2) is 50.7 Å². The fourth-order valence-electron chi connectivity index (χ4n) is 3.42. The largest absolute Gasteiger partial charge is 0.507 e. The van der Waals surface area contributed by atoms with Crippen LogP contribution < -0.4 is 5.43 Å². The first kappa shape index (κ1) is 19.7. The zero-order chi connectivity index (χ0) is 20.6. The van der Waals surface area contributed by atoms with Crippen LogP contribution in [0.25, 0.3) is 21.9 Å². The van der Waals surface area contributed by atoms with Gasteiger partial charge in [-0.05, 0) is 65.2 Å². The Morgan fingerprint density at radius 2 is 1.57 bits per heavy atom. The summed E-state index contributed by atoms with van der Waals surface area (Å²) in [5.74, 6) is 0.0633. The monoisotopic (exact) mass is 378 g/mol. The van der Waals surface area contributed by atoms with Crippen LogP contribution in [0, 0.1) is 6.92 Å². The van der Waals surface area contributed by atoms with Crippen LogP contribution >= 0.6 is 0 Å². The first-order chi connectivity index (χ1) is 13.2. The van der Waals surface area contributed by atoms with E-state index < -0.39 is 0 Å². The van der Waals surface area contributed by atoms with Crippen molar-refractivity contribution in [2.45, 2.75) is 47.5 Å². The fourth-order valence-corrected chi connectivity index (χ4v) is 3.42. The minimum atomic E-state index is -0.193. The minimum Gasteiger partial charge on any atom is -0.507 e. The Hall–Kier alpha value is -3.01. The first-order valence-corrected chi connectivity index (χ1v) is 9.40. The van der Waals surface area contributed by atoms with Gasteiger partial charge < -0.3 is 14.6 Å². The number of hydrogen-bond donors (Lipinski definition) is 2. The number of phenolic OH excluding ortho intramolecular Hbond substituents is 2. The molecule has 4 heteroatoms. The number of aryl methyl sites for hydroxylation is 1. The molecule has 3 rings (SSSR count). The molecule has 0 saturated carbocycles. The Morgan fingerprint density at radius 3 is 2.18 bits per heavy atom. The highest BCUT2D eigenvalue weighted by molar-refractivity contribution is 5.96. The molecule has 0 amide bonds. The molecular weight excluding hydrogens is 352 g/mol. The number of hydrogen-bond acceptors (Lipinski definition) is 4. The molecule has 2 N–H and O–H groups in total. The third-order valence-corrected chi connectivity index (χ3v) is 5.00. The van der Waals surface area contributed by atoms with Crippen molar-refractivity contribution in [1.29, 1.82) is 0 Å². The SMILES string of the molecule is CC(C)=CCc1c(O)c(CC=C(C)C)c2oc3c(O)cccc3c(=O)c2c1C. The van der Waals surface area contributed by atoms with Gasteiger partial charge in [-0.1, -0.05) is 29.4 Å². The third-order valence-electron chi connectivity index (χ3n) is 5.00. The second-order valence-electron chi connectivity index (χ2n) is 7.69. The topological polar surface area (TPSA) is 70.7 Å². The predicted octanol–water partition coefficient (Wildman–Crippen LogP) is 5.68. The van der Waals surface area contributed by atoms with Gasteiger partial charge in [-0.2, -0.15) is 0 Å². The number of allylic oxidation sites excluding steroid dienone is 4. The molecule has 0 aliphatic heterocycles. The van der Waals surface area contributed by atoms with E-state index in [1.165, 1.54) is 6.07 Å². The lowest BCUT2D eigenvalue weighted by atomic mass is 9.92. The first-order valence-electron chi connectivity index (χ1n) is 9.40. The third kappa shape index (κ3) is 3.42. The molecule has 4 nitrogen and oxygen atoms in total. The lowest BCUT2D eigenvalue weighted by Crippen LogP contribution is -2.08. The predicted molar refractivity (Wildman–Crippen MR) is 114 cm³/mol. The Kier molecular flexibility index (Phi) is 5.32. The molecule has 0 aliphatic rings. The Labute approximate surface area is 164 Å². The molecule has 0 saturated heterocycles. The Bertz CT molecular complexity index is 1190. The van der Waals surface area contributed by atoms with Crippen LogP contribution in [-0.2, 0) is 12.8 Å². The van der Waals surface area contributed by atoms with E-state index >= 15 is 0 Å². The van der Waals surface area contributed by atoms with Crippen molar-refractivity contribution in [3.8, 4) is 11.5 Å². The van der Waals surface area contributed by atoms with Gasteiger partial charge in [0.1, 0.15) is 11.3 Å². The highest BCUT2D eigenvalue weighted by Crippen LogP contribution is 2.37.